The summed E-state index contributed by atoms with van der Waals surface area (Å²) in [5.74, 6) is 0.724. The van der Waals surface area contributed by atoms with Crippen LogP contribution in [0.25, 0.3) is 11.4 Å². The topological polar surface area (TPSA) is 67.8 Å². The second-order valence-electron chi connectivity index (χ2n) is 7.01. The van der Waals surface area contributed by atoms with Gasteiger partial charge in [0.05, 0.1) is 12.5 Å². The Morgan fingerprint density at radius 2 is 2.04 bits per heavy atom. The number of fused-ring (bicyclic) bond motifs is 1. The van der Waals surface area contributed by atoms with E-state index in [0.717, 1.165) is 41.6 Å². The first-order chi connectivity index (χ1) is 13.2. The summed E-state index contributed by atoms with van der Waals surface area (Å²) in [6.07, 6.45) is 8.60. The Labute approximate surface area is 158 Å². The molecular formula is C22H22N4O. The molecule has 0 aliphatic heterocycles. The highest BCUT2D eigenvalue weighted by Gasteiger charge is 2.24. The van der Waals surface area contributed by atoms with Gasteiger partial charge in [-0.1, -0.05) is 29.8 Å². The molecule has 1 amide bonds. The molecule has 0 unspecified atom stereocenters. The van der Waals surface area contributed by atoms with Gasteiger partial charge in [0, 0.05) is 35.4 Å². The second-order valence-corrected chi connectivity index (χ2v) is 7.01. The number of aromatic nitrogens is 3. The zero-order chi connectivity index (χ0) is 18.6. The molecule has 0 fully saturated rings. The van der Waals surface area contributed by atoms with Gasteiger partial charge in [-0.3, -0.25) is 9.78 Å². The molecule has 3 aromatic rings. The molecule has 0 saturated heterocycles. The van der Waals surface area contributed by atoms with Gasteiger partial charge in [-0.05, 0) is 43.9 Å². The van der Waals surface area contributed by atoms with Crippen molar-refractivity contribution in [2.45, 2.75) is 38.6 Å². The fourth-order valence-corrected chi connectivity index (χ4v) is 3.47. The van der Waals surface area contributed by atoms with Crippen molar-refractivity contribution >= 4 is 5.91 Å². The van der Waals surface area contributed by atoms with Crippen LogP contribution in [0.2, 0.25) is 0 Å². The van der Waals surface area contributed by atoms with Crippen LogP contribution in [0.5, 0.6) is 0 Å². The van der Waals surface area contributed by atoms with Crippen molar-refractivity contribution in [3.05, 3.63) is 77.4 Å². The quantitative estimate of drug-likeness (QED) is 0.774. The van der Waals surface area contributed by atoms with Crippen LogP contribution >= 0.6 is 0 Å². The van der Waals surface area contributed by atoms with E-state index in [0.29, 0.717) is 12.2 Å². The maximum absolute atomic E-state index is 12.5. The van der Waals surface area contributed by atoms with Crippen LogP contribution in [-0.4, -0.2) is 20.9 Å². The predicted molar refractivity (Wildman–Crippen MR) is 104 cm³/mol. The predicted octanol–water partition coefficient (Wildman–Crippen LogP) is 3.58. The maximum atomic E-state index is 12.5. The summed E-state index contributed by atoms with van der Waals surface area (Å²) >= 11 is 0. The molecule has 0 radical (unpaired) electrons. The maximum Gasteiger partial charge on any atom is 0.224 e. The SMILES string of the molecule is Cc1ccc(CC(=O)N[C@@H]2CCCc3nc(-c4cccnc4)ncc32)cc1. The van der Waals surface area contributed by atoms with E-state index in [1.54, 1.807) is 12.4 Å². The first-order valence-corrected chi connectivity index (χ1v) is 9.30. The van der Waals surface area contributed by atoms with Crippen LogP contribution in [-0.2, 0) is 17.6 Å². The lowest BCUT2D eigenvalue weighted by atomic mass is 9.92. The van der Waals surface area contributed by atoms with Gasteiger partial charge < -0.3 is 5.32 Å². The summed E-state index contributed by atoms with van der Waals surface area (Å²) in [4.78, 5) is 25.9. The van der Waals surface area contributed by atoms with Crippen LogP contribution in [0.4, 0.5) is 0 Å². The van der Waals surface area contributed by atoms with Crippen molar-refractivity contribution in [2.75, 3.05) is 0 Å². The summed E-state index contributed by atoms with van der Waals surface area (Å²) in [5, 5.41) is 3.17. The van der Waals surface area contributed by atoms with Crippen molar-refractivity contribution in [3.8, 4) is 11.4 Å². The lowest BCUT2D eigenvalue weighted by molar-refractivity contribution is -0.121. The molecule has 1 aliphatic rings. The molecule has 2 aromatic heterocycles. The molecule has 5 nitrogen and oxygen atoms in total. The van der Waals surface area contributed by atoms with Crippen LogP contribution in [0.15, 0.2) is 55.0 Å². The molecule has 136 valence electrons. The number of benzene rings is 1. The highest BCUT2D eigenvalue weighted by molar-refractivity contribution is 5.79. The van der Waals surface area contributed by atoms with Crippen LogP contribution < -0.4 is 5.32 Å². The van der Waals surface area contributed by atoms with E-state index in [1.165, 1.54) is 5.56 Å². The van der Waals surface area contributed by atoms with Crippen molar-refractivity contribution in [1.82, 2.24) is 20.3 Å². The molecule has 5 heteroatoms. The van der Waals surface area contributed by atoms with E-state index in [-0.39, 0.29) is 11.9 Å². The fraction of sp³-hybridized carbons (Fsp3) is 0.273. The van der Waals surface area contributed by atoms with E-state index < -0.39 is 0 Å². The molecule has 27 heavy (non-hydrogen) atoms. The molecule has 2 heterocycles. The first-order valence-electron chi connectivity index (χ1n) is 9.30. The summed E-state index contributed by atoms with van der Waals surface area (Å²) in [7, 11) is 0. The number of hydrogen-bond donors (Lipinski definition) is 1. The van der Waals surface area contributed by atoms with Gasteiger partial charge in [-0.15, -0.1) is 0 Å². The van der Waals surface area contributed by atoms with E-state index in [2.05, 4.69) is 15.3 Å². The van der Waals surface area contributed by atoms with Gasteiger partial charge in [0.15, 0.2) is 5.82 Å². The number of nitrogens with one attached hydrogen (secondary N) is 1. The van der Waals surface area contributed by atoms with Gasteiger partial charge in [-0.25, -0.2) is 9.97 Å². The lowest BCUT2D eigenvalue weighted by Crippen LogP contribution is -2.32. The lowest BCUT2D eigenvalue weighted by Gasteiger charge is -2.25. The third-order valence-corrected chi connectivity index (χ3v) is 4.92. The number of hydrogen-bond acceptors (Lipinski definition) is 4. The number of aryl methyl sites for hydroxylation is 2. The van der Waals surface area contributed by atoms with Crippen molar-refractivity contribution in [1.29, 1.82) is 0 Å². The first kappa shape index (κ1) is 17.3. The molecule has 1 atom stereocenters. The number of carbonyl (C=O) groups excluding carboxylic acids is 1. The minimum atomic E-state index is -0.0188. The van der Waals surface area contributed by atoms with E-state index in [9.17, 15) is 4.79 Å². The van der Waals surface area contributed by atoms with Crippen LogP contribution in [0.3, 0.4) is 0 Å². The minimum absolute atomic E-state index is 0.0188. The highest BCUT2D eigenvalue weighted by atomic mass is 16.1. The number of pyridine rings is 1. The second kappa shape index (κ2) is 7.66. The summed E-state index contributed by atoms with van der Waals surface area (Å²) in [6, 6.07) is 11.9. The smallest absolute Gasteiger partial charge is 0.224 e. The van der Waals surface area contributed by atoms with Gasteiger partial charge >= 0.3 is 0 Å². The average Bonchev–Trinajstić information content (AvgIpc) is 2.70. The van der Waals surface area contributed by atoms with Gasteiger partial charge in [0.2, 0.25) is 5.91 Å². The zero-order valence-corrected chi connectivity index (χ0v) is 15.4. The van der Waals surface area contributed by atoms with Crippen LogP contribution in [0, 0.1) is 6.92 Å². The monoisotopic (exact) mass is 358 g/mol. The molecule has 4 rings (SSSR count). The molecule has 1 aliphatic carbocycles. The number of amides is 1. The third-order valence-electron chi connectivity index (χ3n) is 4.92. The summed E-state index contributed by atoms with van der Waals surface area (Å²) < 4.78 is 0. The molecule has 0 spiro atoms. The molecule has 1 N–H and O–H groups in total. The minimum Gasteiger partial charge on any atom is -0.349 e. The van der Waals surface area contributed by atoms with Crippen molar-refractivity contribution in [2.24, 2.45) is 0 Å². The summed E-state index contributed by atoms with van der Waals surface area (Å²) in [5.41, 5.74) is 5.19. The Morgan fingerprint density at radius 3 is 2.81 bits per heavy atom. The normalized spacial score (nSPS) is 15.8. The third kappa shape index (κ3) is 4.03. The van der Waals surface area contributed by atoms with Crippen LogP contribution in [0.1, 0.15) is 41.3 Å². The fourth-order valence-electron chi connectivity index (χ4n) is 3.47. The van der Waals surface area contributed by atoms with Gasteiger partial charge in [0.25, 0.3) is 0 Å². The molecule has 0 bridgehead atoms. The zero-order valence-electron chi connectivity index (χ0n) is 15.4. The number of rotatable bonds is 4. The number of nitrogens with zero attached hydrogens (tertiary/aromatic N) is 3. The van der Waals surface area contributed by atoms with E-state index in [1.807, 2.05) is 49.5 Å². The molecule has 0 saturated carbocycles. The number of carbonyl (C=O) groups is 1. The largest absolute Gasteiger partial charge is 0.349 e. The molecule has 1 aromatic carbocycles. The van der Waals surface area contributed by atoms with E-state index in [4.69, 9.17) is 4.98 Å². The Morgan fingerprint density at radius 1 is 1.19 bits per heavy atom. The van der Waals surface area contributed by atoms with E-state index >= 15 is 0 Å². The Hall–Kier alpha value is -3.08. The standard InChI is InChI=1S/C22H22N4O/c1-15-7-9-16(10-8-15)12-21(27)25-19-5-2-6-20-18(19)14-24-22(26-20)17-4-3-11-23-13-17/h3-4,7-11,13-14,19H,2,5-6,12H2,1H3,(H,25,27)/t19-/m1/s1. The van der Waals surface area contributed by atoms with Gasteiger partial charge in [0.1, 0.15) is 0 Å². The molecular weight excluding hydrogens is 336 g/mol. The Bertz CT molecular complexity index is 938. The van der Waals surface area contributed by atoms with Crippen molar-refractivity contribution < 1.29 is 4.79 Å². The summed E-state index contributed by atoms with van der Waals surface area (Å²) in [6.45, 7) is 2.04. The Balaban J connectivity index is 1.49. The highest BCUT2D eigenvalue weighted by Crippen LogP contribution is 2.29. The Kier molecular flexibility index (Phi) is 4.92. The van der Waals surface area contributed by atoms with Crippen molar-refractivity contribution in [3.63, 3.8) is 0 Å². The average molecular weight is 358 g/mol. The van der Waals surface area contributed by atoms with Gasteiger partial charge in [-0.2, -0.15) is 0 Å².